The first-order chi connectivity index (χ1) is 15.4. The molecule has 0 aliphatic heterocycles. The Kier molecular flexibility index (Phi) is 5.21. The summed E-state index contributed by atoms with van der Waals surface area (Å²) in [5.74, 6) is 0.689. The van der Waals surface area contributed by atoms with Gasteiger partial charge < -0.3 is 0 Å². The maximum Gasteiger partial charge on any atom is 0.179 e. The van der Waals surface area contributed by atoms with Crippen LogP contribution in [0.3, 0.4) is 0 Å². The summed E-state index contributed by atoms with van der Waals surface area (Å²) in [5, 5.41) is 5.34. The van der Waals surface area contributed by atoms with E-state index in [0.29, 0.717) is 5.82 Å². The molecule has 148 valence electrons. The van der Waals surface area contributed by atoms with Gasteiger partial charge in [0.1, 0.15) is 12.7 Å². The van der Waals surface area contributed by atoms with Crippen LogP contribution in [0.4, 0.5) is 0 Å². The molecule has 1 aromatic heterocycles. The first-order valence-electron chi connectivity index (χ1n) is 10.3. The van der Waals surface area contributed by atoms with Crippen molar-refractivity contribution in [2.75, 3.05) is 0 Å². The van der Waals surface area contributed by atoms with Crippen molar-refractivity contribution in [1.82, 2.24) is 15.0 Å². The number of rotatable bonds is 5. The largest absolute Gasteiger partial charge is 0.225 e. The van der Waals surface area contributed by atoms with Gasteiger partial charge in [0.05, 0.1) is 0 Å². The van der Waals surface area contributed by atoms with Crippen LogP contribution < -0.4 is 20.7 Å². The van der Waals surface area contributed by atoms with Crippen molar-refractivity contribution in [3.63, 3.8) is 0 Å². The van der Waals surface area contributed by atoms with Crippen LogP contribution in [0.2, 0.25) is 0 Å². The Hall–Kier alpha value is -3.89. The van der Waals surface area contributed by atoms with E-state index in [4.69, 9.17) is 0 Å². The molecule has 0 radical (unpaired) electrons. The molecular formula is C27H21N3Si. The quantitative estimate of drug-likeness (QED) is 0.327. The Morgan fingerprint density at radius 2 is 0.903 bits per heavy atom. The fourth-order valence-corrected chi connectivity index (χ4v) is 9.14. The average Bonchev–Trinajstić information content (AvgIpc) is 2.87. The monoisotopic (exact) mass is 415 g/mol. The zero-order chi connectivity index (χ0) is 20.9. The van der Waals surface area contributed by atoms with Crippen LogP contribution in [0.5, 0.6) is 0 Å². The Labute approximate surface area is 183 Å². The van der Waals surface area contributed by atoms with Crippen molar-refractivity contribution in [2.45, 2.75) is 0 Å². The molecule has 0 aliphatic rings. The predicted molar refractivity (Wildman–Crippen MR) is 129 cm³/mol. The van der Waals surface area contributed by atoms with Crippen LogP contribution in [0.25, 0.3) is 11.4 Å². The third kappa shape index (κ3) is 3.47. The SMILES string of the molecule is c1ccc([Si](c2ccccc2)(c2ccccc2)c2cccc(-c3ncncn3)c2)cc1. The minimum absolute atomic E-state index is 0.689. The minimum Gasteiger partial charge on any atom is -0.225 e. The highest BCUT2D eigenvalue weighted by atomic mass is 28.3. The lowest BCUT2D eigenvalue weighted by molar-refractivity contribution is 1.06. The molecule has 5 aromatic rings. The molecule has 0 unspecified atom stereocenters. The number of nitrogens with zero attached hydrogens (tertiary/aromatic N) is 3. The molecule has 0 fully saturated rings. The average molecular weight is 416 g/mol. The van der Waals surface area contributed by atoms with E-state index in [2.05, 4.69) is 130 Å². The molecule has 0 spiro atoms. The van der Waals surface area contributed by atoms with E-state index in [1.54, 1.807) is 12.7 Å². The molecule has 0 amide bonds. The summed E-state index contributed by atoms with van der Waals surface area (Å²) in [6.45, 7) is 0. The predicted octanol–water partition coefficient (Wildman–Crippen LogP) is 2.92. The van der Waals surface area contributed by atoms with Gasteiger partial charge in [0, 0.05) is 5.56 Å². The van der Waals surface area contributed by atoms with Crippen LogP contribution in [-0.4, -0.2) is 23.0 Å². The van der Waals surface area contributed by atoms with Gasteiger partial charge in [-0.2, -0.15) is 0 Å². The van der Waals surface area contributed by atoms with Gasteiger partial charge in [-0.1, -0.05) is 115 Å². The molecule has 4 aromatic carbocycles. The molecule has 0 aliphatic carbocycles. The second kappa shape index (κ2) is 8.46. The second-order valence-corrected chi connectivity index (χ2v) is 11.2. The summed E-state index contributed by atoms with van der Waals surface area (Å²) in [7, 11) is -2.54. The normalized spacial score (nSPS) is 11.2. The van der Waals surface area contributed by atoms with Crippen LogP contribution in [0, 0.1) is 0 Å². The highest BCUT2D eigenvalue weighted by molar-refractivity contribution is 7.19. The first-order valence-corrected chi connectivity index (χ1v) is 12.3. The summed E-state index contributed by atoms with van der Waals surface area (Å²) in [4.78, 5) is 12.7. The van der Waals surface area contributed by atoms with Gasteiger partial charge in [-0.15, -0.1) is 0 Å². The number of aromatic nitrogens is 3. The van der Waals surface area contributed by atoms with E-state index >= 15 is 0 Å². The lowest BCUT2D eigenvalue weighted by Crippen LogP contribution is -2.74. The Morgan fingerprint density at radius 3 is 1.39 bits per heavy atom. The summed E-state index contributed by atoms with van der Waals surface area (Å²) < 4.78 is 0. The van der Waals surface area contributed by atoms with Crippen molar-refractivity contribution >= 4 is 28.8 Å². The number of hydrogen-bond acceptors (Lipinski definition) is 3. The van der Waals surface area contributed by atoms with Gasteiger partial charge in [0.2, 0.25) is 0 Å². The van der Waals surface area contributed by atoms with Gasteiger partial charge in [-0.05, 0) is 20.7 Å². The van der Waals surface area contributed by atoms with Crippen molar-refractivity contribution in [1.29, 1.82) is 0 Å². The standard InChI is InChI=1S/C27H21N3Si/c1-4-12-23(13-5-1)31(24-14-6-2-7-15-24,25-16-8-3-9-17-25)26-18-10-11-22(19-26)27-29-20-28-21-30-27/h1-21H. The molecule has 0 N–H and O–H groups in total. The fraction of sp³-hybridized carbons (Fsp3) is 0. The fourth-order valence-electron chi connectivity index (χ4n) is 4.34. The van der Waals surface area contributed by atoms with Crippen molar-refractivity contribution in [2.24, 2.45) is 0 Å². The maximum atomic E-state index is 4.38. The maximum absolute atomic E-state index is 4.38. The molecular weight excluding hydrogens is 394 g/mol. The molecule has 0 saturated carbocycles. The smallest absolute Gasteiger partial charge is 0.179 e. The molecule has 31 heavy (non-hydrogen) atoms. The second-order valence-electron chi connectivity index (χ2n) is 7.39. The molecule has 1 heterocycles. The van der Waals surface area contributed by atoms with Crippen molar-refractivity contribution < 1.29 is 0 Å². The number of benzene rings is 4. The third-order valence-corrected chi connectivity index (χ3v) is 10.4. The van der Waals surface area contributed by atoms with Gasteiger partial charge in [0.15, 0.2) is 13.9 Å². The molecule has 5 rings (SSSR count). The summed E-state index contributed by atoms with van der Waals surface area (Å²) in [6, 6.07) is 41.4. The molecule has 4 heteroatoms. The van der Waals surface area contributed by atoms with E-state index in [1.165, 1.54) is 20.7 Å². The molecule has 0 saturated heterocycles. The first kappa shape index (κ1) is 19.1. The van der Waals surface area contributed by atoms with Gasteiger partial charge in [-0.3, -0.25) is 0 Å². The van der Waals surface area contributed by atoms with Crippen molar-refractivity contribution in [3.8, 4) is 11.4 Å². The summed E-state index contributed by atoms with van der Waals surface area (Å²) in [5.41, 5.74) is 1.000. The van der Waals surface area contributed by atoms with Crippen molar-refractivity contribution in [3.05, 3.63) is 128 Å². The molecule has 3 nitrogen and oxygen atoms in total. The third-order valence-electron chi connectivity index (χ3n) is 5.67. The lowest BCUT2D eigenvalue weighted by Gasteiger charge is -2.34. The zero-order valence-corrected chi connectivity index (χ0v) is 18.0. The highest BCUT2D eigenvalue weighted by Gasteiger charge is 2.41. The number of hydrogen-bond donors (Lipinski definition) is 0. The molecule has 0 bridgehead atoms. The highest BCUT2D eigenvalue weighted by Crippen LogP contribution is 2.15. The zero-order valence-electron chi connectivity index (χ0n) is 17.0. The van der Waals surface area contributed by atoms with E-state index in [-0.39, 0.29) is 0 Å². The van der Waals surface area contributed by atoms with Gasteiger partial charge in [-0.25, -0.2) is 15.0 Å². The summed E-state index contributed by atoms with van der Waals surface area (Å²) in [6.07, 6.45) is 3.09. The topological polar surface area (TPSA) is 38.7 Å². The molecule has 0 atom stereocenters. The lowest BCUT2D eigenvalue weighted by atomic mass is 10.2. The van der Waals surface area contributed by atoms with E-state index in [9.17, 15) is 0 Å². The van der Waals surface area contributed by atoms with Gasteiger partial charge >= 0.3 is 0 Å². The summed E-state index contributed by atoms with van der Waals surface area (Å²) >= 11 is 0. The van der Waals surface area contributed by atoms with Crippen LogP contribution in [0.15, 0.2) is 128 Å². The minimum atomic E-state index is -2.54. The Balaban J connectivity index is 1.85. The van der Waals surface area contributed by atoms with Crippen LogP contribution >= 0.6 is 0 Å². The Bertz CT molecular complexity index is 1160. The van der Waals surface area contributed by atoms with Crippen LogP contribution in [-0.2, 0) is 0 Å². The van der Waals surface area contributed by atoms with Crippen LogP contribution in [0.1, 0.15) is 0 Å². The van der Waals surface area contributed by atoms with E-state index < -0.39 is 8.07 Å². The van der Waals surface area contributed by atoms with Gasteiger partial charge in [0.25, 0.3) is 0 Å². The van der Waals surface area contributed by atoms with E-state index in [0.717, 1.165) is 5.56 Å². The Morgan fingerprint density at radius 1 is 0.452 bits per heavy atom. The van der Waals surface area contributed by atoms with E-state index in [1.807, 2.05) is 0 Å².